The Kier molecular flexibility index (Phi) is 3.63. The first-order valence-corrected chi connectivity index (χ1v) is 5.46. The van der Waals surface area contributed by atoms with Gasteiger partial charge in [-0.15, -0.1) is 10.2 Å². The van der Waals surface area contributed by atoms with Crippen LogP contribution >= 0.6 is 0 Å². The highest BCUT2D eigenvalue weighted by atomic mass is 16.3. The number of benzene rings is 1. The van der Waals surface area contributed by atoms with Gasteiger partial charge in [0.05, 0.1) is 6.61 Å². The predicted octanol–water partition coefficient (Wildman–Crippen LogP) is -0.0227. The van der Waals surface area contributed by atoms with Crippen LogP contribution in [0, 0.1) is 0 Å². The van der Waals surface area contributed by atoms with Gasteiger partial charge in [-0.25, -0.2) is 0 Å². The van der Waals surface area contributed by atoms with Gasteiger partial charge in [0.1, 0.15) is 0 Å². The quantitative estimate of drug-likeness (QED) is 0.704. The zero-order chi connectivity index (χ0) is 13.0. The fourth-order valence-electron chi connectivity index (χ4n) is 1.41. The molecule has 3 N–H and O–H groups in total. The van der Waals surface area contributed by atoms with Crippen LogP contribution in [0.2, 0.25) is 0 Å². The lowest BCUT2D eigenvalue weighted by atomic mass is 10.1. The highest BCUT2D eigenvalue weighted by Crippen LogP contribution is 2.13. The molecule has 0 aliphatic rings. The van der Waals surface area contributed by atoms with Gasteiger partial charge in [0, 0.05) is 17.2 Å². The molecule has 0 saturated heterocycles. The molecule has 1 aromatic heterocycles. The molecule has 18 heavy (non-hydrogen) atoms. The van der Waals surface area contributed by atoms with Gasteiger partial charge >= 0.3 is 0 Å². The van der Waals surface area contributed by atoms with Gasteiger partial charge in [-0.3, -0.25) is 4.79 Å². The van der Waals surface area contributed by atoms with Gasteiger partial charge in [0.2, 0.25) is 5.82 Å². The summed E-state index contributed by atoms with van der Waals surface area (Å²) in [6, 6.07) is 6.55. The molecule has 94 valence electrons. The first-order valence-electron chi connectivity index (χ1n) is 5.46. The number of aliphatic hydroxyl groups is 1. The minimum atomic E-state index is -0.269. The second kappa shape index (κ2) is 5.37. The van der Waals surface area contributed by atoms with E-state index in [1.807, 2.05) is 0 Å². The molecule has 2 rings (SSSR count). The minimum absolute atomic E-state index is 0.0906. The Morgan fingerprint density at radius 1 is 1.44 bits per heavy atom. The number of hydrogen-bond donors (Lipinski definition) is 3. The average molecular weight is 247 g/mol. The molecule has 1 atom stereocenters. The summed E-state index contributed by atoms with van der Waals surface area (Å²) < 4.78 is 0. The number of carbonyl (C=O) groups is 1. The first-order chi connectivity index (χ1) is 8.70. The largest absolute Gasteiger partial charge is 0.394 e. The standard InChI is InChI=1S/C11H13N5O2/c1-7(6-17)12-11(18)9-4-2-8(3-5-9)10-13-15-16-14-10/h2-5,7,17H,6H2,1H3,(H,12,18)(H,13,14,15,16)/t7-/m1/s1. The van der Waals surface area contributed by atoms with Gasteiger partial charge in [0.15, 0.2) is 0 Å². The summed E-state index contributed by atoms with van der Waals surface area (Å²) in [7, 11) is 0. The molecule has 0 spiro atoms. The van der Waals surface area contributed by atoms with E-state index in [2.05, 4.69) is 25.9 Å². The van der Waals surface area contributed by atoms with E-state index in [1.165, 1.54) is 0 Å². The molecular weight excluding hydrogens is 234 g/mol. The van der Waals surface area contributed by atoms with Crippen molar-refractivity contribution < 1.29 is 9.90 Å². The molecule has 0 radical (unpaired) electrons. The number of aromatic nitrogens is 4. The van der Waals surface area contributed by atoms with Crippen molar-refractivity contribution in [1.29, 1.82) is 0 Å². The van der Waals surface area contributed by atoms with Gasteiger partial charge in [-0.05, 0) is 24.3 Å². The Labute approximate surface area is 103 Å². The Morgan fingerprint density at radius 2 is 2.17 bits per heavy atom. The van der Waals surface area contributed by atoms with Crippen molar-refractivity contribution in [3.05, 3.63) is 29.8 Å². The third-order valence-electron chi connectivity index (χ3n) is 2.40. The second-order valence-corrected chi connectivity index (χ2v) is 3.87. The first kappa shape index (κ1) is 12.2. The van der Waals surface area contributed by atoms with Crippen LogP contribution in [0.3, 0.4) is 0 Å². The van der Waals surface area contributed by atoms with Crippen LogP contribution in [0.4, 0.5) is 0 Å². The fraction of sp³-hybridized carbons (Fsp3) is 0.273. The molecule has 2 aromatic rings. The number of nitrogens with zero attached hydrogens (tertiary/aromatic N) is 3. The van der Waals surface area contributed by atoms with Crippen molar-refractivity contribution >= 4 is 5.91 Å². The van der Waals surface area contributed by atoms with Crippen LogP contribution in [0.25, 0.3) is 11.4 Å². The Hall–Kier alpha value is -2.28. The highest BCUT2D eigenvalue weighted by Gasteiger charge is 2.09. The van der Waals surface area contributed by atoms with Crippen molar-refractivity contribution in [3.63, 3.8) is 0 Å². The lowest BCUT2D eigenvalue weighted by Crippen LogP contribution is -2.34. The zero-order valence-corrected chi connectivity index (χ0v) is 9.79. The van der Waals surface area contributed by atoms with E-state index in [-0.39, 0.29) is 18.6 Å². The van der Waals surface area contributed by atoms with Crippen LogP contribution in [0.15, 0.2) is 24.3 Å². The molecule has 7 nitrogen and oxygen atoms in total. The van der Waals surface area contributed by atoms with Crippen molar-refractivity contribution in [1.82, 2.24) is 25.9 Å². The van der Waals surface area contributed by atoms with Gasteiger partial charge in [0.25, 0.3) is 5.91 Å². The maximum absolute atomic E-state index is 11.7. The van der Waals surface area contributed by atoms with Crippen LogP contribution in [-0.2, 0) is 0 Å². The van der Waals surface area contributed by atoms with Crippen molar-refractivity contribution in [2.24, 2.45) is 0 Å². The van der Waals surface area contributed by atoms with Crippen molar-refractivity contribution in [2.45, 2.75) is 13.0 Å². The SMILES string of the molecule is C[C@H](CO)NC(=O)c1ccc(-c2nn[nH]n2)cc1. The average Bonchev–Trinajstić information content (AvgIpc) is 2.92. The number of hydrogen-bond acceptors (Lipinski definition) is 5. The molecular formula is C11H13N5O2. The molecule has 1 amide bonds. The zero-order valence-electron chi connectivity index (χ0n) is 9.79. The maximum atomic E-state index is 11.7. The van der Waals surface area contributed by atoms with Crippen molar-refractivity contribution in [2.75, 3.05) is 6.61 Å². The van der Waals surface area contributed by atoms with E-state index in [0.29, 0.717) is 11.4 Å². The lowest BCUT2D eigenvalue weighted by Gasteiger charge is -2.10. The molecule has 0 unspecified atom stereocenters. The van der Waals surface area contributed by atoms with E-state index in [0.717, 1.165) is 5.56 Å². The predicted molar refractivity (Wildman–Crippen MR) is 63.6 cm³/mol. The summed E-state index contributed by atoms with van der Waals surface area (Å²) >= 11 is 0. The summed E-state index contributed by atoms with van der Waals surface area (Å²) in [5.74, 6) is 0.252. The topological polar surface area (TPSA) is 104 Å². The van der Waals surface area contributed by atoms with Crippen molar-refractivity contribution in [3.8, 4) is 11.4 Å². The van der Waals surface area contributed by atoms with Gasteiger partial charge in [-0.2, -0.15) is 5.21 Å². The third-order valence-corrected chi connectivity index (χ3v) is 2.40. The normalized spacial score (nSPS) is 12.1. The Bertz CT molecular complexity index is 509. The number of H-pyrrole nitrogens is 1. The maximum Gasteiger partial charge on any atom is 0.251 e. The number of aliphatic hydroxyl groups excluding tert-OH is 1. The monoisotopic (exact) mass is 247 g/mol. The summed E-state index contributed by atoms with van der Waals surface area (Å²) in [6.45, 7) is 1.64. The van der Waals surface area contributed by atoms with E-state index in [9.17, 15) is 4.79 Å². The summed E-state index contributed by atoms with van der Waals surface area (Å²) in [4.78, 5) is 11.7. The molecule has 0 aliphatic heterocycles. The molecule has 1 aromatic carbocycles. The molecule has 0 fully saturated rings. The smallest absolute Gasteiger partial charge is 0.251 e. The summed E-state index contributed by atoms with van der Waals surface area (Å²) in [5, 5.41) is 25.0. The number of amides is 1. The van der Waals surface area contributed by atoms with Crippen LogP contribution in [0.1, 0.15) is 17.3 Å². The molecule has 0 aliphatic carbocycles. The number of tetrazole rings is 1. The molecule has 1 heterocycles. The molecule has 0 bridgehead atoms. The van der Waals surface area contributed by atoms with E-state index < -0.39 is 0 Å². The minimum Gasteiger partial charge on any atom is -0.394 e. The second-order valence-electron chi connectivity index (χ2n) is 3.87. The number of carbonyl (C=O) groups excluding carboxylic acids is 1. The number of rotatable bonds is 4. The molecule has 0 saturated carbocycles. The van der Waals surface area contributed by atoms with E-state index in [1.54, 1.807) is 31.2 Å². The van der Waals surface area contributed by atoms with E-state index in [4.69, 9.17) is 5.11 Å². The fourth-order valence-corrected chi connectivity index (χ4v) is 1.41. The third kappa shape index (κ3) is 2.69. The summed E-state index contributed by atoms with van der Waals surface area (Å²) in [5.41, 5.74) is 1.29. The Balaban J connectivity index is 2.10. The Morgan fingerprint density at radius 3 is 2.72 bits per heavy atom. The van der Waals surface area contributed by atoms with Crippen LogP contribution in [0.5, 0.6) is 0 Å². The van der Waals surface area contributed by atoms with Crippen LogP contribution in [-0.4, -0.2) is 44.3 Å². The number of aromatic amines is 1. The molecule has 7 heteroatoms. The lowest BCUT2D eigenvalue weighted by molar-refractivity contribution is 0.0922. The summed E-state index contributed by atoms with van der Waals surface area (Å²) in [6.07, 6.45) is 0. The number of nitrogens with one attached hydrogen (secondary N) is 2. The van der Waals surface area contributed by atoms with Gasteiger partial charge in [-0.1, -0.05) is 12.1 Å². The highest BCUT2D eigenvalue weighted by molar-refractivity contribution is 5.94. The van der Waals surface area contributed by atoms with Crippen LogP contribution < -0.4 is 5.32 Å². The van der Waals surface area contributed by atoms with Gasteiger partial charge < -0.3 is 10.4 Å². The van der Waals surface area contributed by atoms with E-state index >= 15 is 0 Å².